The van der Waals surface area contributed by atoms with Crippen molar-refractivity contribution in [2.75, 3.05) is 20.1 Å². The minimum atomic E-state index is -0.875. The highest BCUT2D eigenvalue weighted by Gasteiger charge is 2.24. The van der Waals surface area contributed by atoms with Gasteiger partial charge in [0.25, 0.3) is 0 Å². The Labute approximate surface area is 95.8 Å². The van der Waals surface area contributed by atoms with Crippen molar-refractivity contribution in [3.8, 4) is 0 Å². The van der Waals surface area contributed by atoms with Crippen molar-refractivity contribution in [3.05, 3.63) is 0 Å². The third-order valence-electron chi connectivity index (χ3n) is 2.88. The molecule has 1 fully saturated rings. The minimum absolute atomic E-state index is 0.0888. The molecular formula is C11H20N2O3. The first-order valence-electron chi connectivity index (χ1n) is 5.74. The zero-order chi connectivity index (χ0) is 12.1. The molecule has 5 heteroatoms. The average molecular weight is 228 g/mol. The number of amides is 1. The fourth-order valence-corrected chi connectivity index (χ4v) is 1.65. The molecule has 0 heterocycles. The van der Waals surface area contributed by atoms with Gasteiger partial charge >= 0.3 is 5.97 Å². The number of carbonyl (C=O) groups excluding carboxylic acids is 1. The molecule has 5 nitrogen and oxygen atoms in total. The normalized spacial score (nSPS) is 17.2. The van der Waals surface area contributed by atoms with Crippen LogP contribution in [0.25, 0.3) is 0 Å². The Morgan fingerprint density at radius 1 is 1.50 bits per heavy atom. The number of carboxylic acids is 1. The summed E-state index contributed by atoms with van der Waals surface area (Å²) >= 11 is 0. The number of hydrogen-bond acceptors (Lipinski definition) is 3. The summed E-state index contributed by atoms with van der Waals surface area (Å²) < 4.78 is 0. The van der Waals surface area contributed by atoms with E-state index in [9.17, 15) is 9.59 Å². The molecule has 0 aromatic carbocycles. The molecule has 0 aromatic heterocycles. The van der Waals surface area contributed by atoms with E-state index in [1.165, 1.54) is 12.8 Å². The van der Waals surface area contributed by atoms with Crippen LogP contribution >= 0.6 is 0 Å². The first-order valence-corrected chi connectivity index (χ1v) is 5.74. The van der Waals surface area contributed by atoms with Crippen molar-refractivity contribution in [2.24, 2.45) is 5.92 Å². The van der Waals surface area contributed by atoms with E-state index in [4.69, 9.17) is 5.11 Å². The quantitative estimate of drug-likeness (QED) is 0.658. The number of rotatable bonds is 7. The Kier molecular flexibility index (Phi) is 4.73. The average Bonchev–Trinajstić information content (AvgIpc) is 2.98. The molecule has 1 aliphatic carbocycles. The van der Waals surface area contributed by atoms with Gasteiger partial charge in [0.15, 0.2) is 0 Å². The first-order chi connectivity index (χ1) is 7.54. The van der Waals surface area contributed by atoms with Gasteiger partial charge in [0.2, 0.25) is 5.91 Å². The molecule has 1 atom stereocenters. The molecule has 0 radical (unpaired) electrons. The highest BCUT2D eigenvalue weighted by molar-refractivity contribution is 5.79. The predicted octanol–water partition coefficient (Wildman–Crippen LogP) is 0.308. The molecule has 1 amide bonds. The smallest absolute Gasteiger partial charge is 0.320 e. The van der Waals surface area contributed by atoms with Crippen LogP contribution in [-0.2, 0) is 9.59 Å². The fourth-order valence-electron chi connectivity index (χ4n) is 1.65. The van der Waals surface area contributed by atoms with Gasteiger partial charge in [0.1, 0.15) is 6.04 Å². The second-order valence-electron chi connectivity index (χ2n) is 4.42. The Hall–Kier alpha value is -1.10. The van der Waals surface area contributed by atoms with E-state index in [0.29, 0.717) is 12.3 Å². The maximum absolute atomic E-state index is 11.5. The van der Waals surface area contributed by atoms with Crippen molar-refractivity contribution < 1.29 is 14.7 Å². The van der Waals surface area contributed by atoms with E-state index in [0.717, 1.165) is 6.54 Å². The van der Waals surface area contributed by atoms with Crippen LogP contribution in [0.2, 0.25) is 0 Å². The summed E-state index contributed by atoms with van der Waals surface area (Å²) in [5, 5.41) is 11.7. The number of nitrogens with one attached hydrogen (secondary N) is 1. The van der Waals surface area contributed by atoms with E-state index in [1.807, 2.05) is 0 Å². The summed E-state index contributed by atoms with van der Waals surface area (Å²) in [6.45, 7) is 2.69. The number of hydrogen-bond donors (Lipinski definition) is 2. The second-order valence-corrected chi connectivity index (χ2v) is 4.42. The first kappa shape index (κ1) is 13.0. The van der Waals surface area contributed by atoms with E-state index in [2.05, 4.69) is 5.32 Å². The van der Waals surface area contributed by atoms with Crippen LogP contribution in [0.3, 0.4) is 0 Å². The highest BCUT2D eigenvalue weighted by Crippen LogP contribution is 2.27. The van der Waals surface area contributed by atoms with Crippen LogP contribution in [-0.4, -0.2) is 48.1 Å². The van der Waals surface area contributed by atoms with E-state index < -0.39 is 12.0 Å². The van der Waals surface area contributed by atoms with Gasteiger partial charge in [-0.05, 0) is 32.2 Å². The standard InChI is InChI=1S/C11H20N2O3/c1-3-9(11(15)16)13(2)7-10(14)12-6-8-4-5-8/h8-9H,3-7H2,1-2H3,(H,12,14)(H,15,16). The largest absolute Gasteiger partial charge is 0.480 e. The second kappa shape index (κ2) is 5.84. The van der Waals surface area contributed by atoms with Gasteiger partial charge < -0.3 is 10.4 Å². The summed E-state index contributed by atoms with van der Waals surface area (Å²) in [6, 6.07) is -0.577. The number of carbonyl (C=O) groups is 2. The monoisotopic (exact) mass is 228 g/mol. The molecule has 1 unspecified atom stereocenters. The Bertz CT molecular complexity index is 264. The number of likely N-dealkylation sites (N-methyl/N-ethyl adjacent to an activating group) is 1. The van der Waals surface area contributed by atoms with Crippen LogP contribution < -0.4 is 5.32 Å². The molecule has 0 spiro atoms. The molecule has 1 aliphatic rings. The molecule has 0 bridgehead atoms. The maximum atomic E-state index is 11.5. The van der Waals surface area contributed by atoms with Crippen molar-refractivity contribution >= 4 is 11.9 Å². The lowest BCUT2D eigenvalue weighted by Gasteiger charge is -2.22. The maximum Gasteiger partial charge on any atom is 0.320 e. The molecule has 0 saturated heterocycles. The third-order valence-corrected chi connectivity index (χ3v) is 2.88. The third kappa shape index (κ3) is 4.18. The lowest BCUT2D eigenvalue weighted by molar-refractivity contribution is -0.143. The van der Waals surface area contributed by atoms with Gasteiger partial charge in [-0.15, -0.1) is 0 Å². The van der Waals surface area contributed by atoms with Crippen molar-refractivity contribution in [1.29, 1.82) is 0 Å². The summed E-state index contributed by atoms with van der Waals surface area (Å²) in [5.41, 5.74) is 0. The Morgan fingerprint density at radius 2 is 2.12 bits per heavy atom. The molecular weight excluding hydrogens is 208 g/mol. The fraction of sp³-hybridized carbons (Fsp3) is 0.818. The lowest BCUT2D eigenvalue weighted by Crippen LogP contribution is -2.44. The summed E-state index contributed by atoms with van der Waals surface area (Å²) in [6.07, 6.45) is 2.90. The molecule has 0 aliphatic heterocycles. The Morgan fingerprint density at radius 3 is 2.56 bits per heavy atom. The summed E-state index contributed by atoms with van der Waals surface area (Å²) in [5.74, 6) is -0.315. The van der Waals surface area contributed by atoms with Gasteiger partial charge in [-0.3, -0.25) is 14.5 Å². The number of nitrogens with zero attached hydrogens (tertiary/aromatic N) is 1. The lowest BCUT2D eigenvalue weighted by atomic mass is 10.2. The summed E-state index contributed by atoms with van der Waals surface area (Å²) in [7, 11) is 1.67. The van der Waals surface area contributed by atoms with Gasteiger partial charge in [0, 0.05) is 6.54 Å². The SMILES string of the molecule is CCC(C(=O)O)N(C)CC(=O)NCC1CC1. The zero-order valence-electron chi connectivity index (χ0n) is 9.90. The van der Waals surface area contributed by atoms with Gasteiger partial charge in [-0.1, -0.05) is 6.92 Å². The van der Waals surface area contributed by atoms with E-state index >= 15 is 0 Å². The summed E-state index contributed by atoms with van der Waals surface area (Å²) in [4.78, 5) is 23.9. The number of aliphatic carboxylic acids is 1. The molecule has 1 rings (SSSR count). The molecule has 16 heavy (non-hydrogen) atoms. The van der Waals surface area contributed by atoms with Gasteiger partial charge in [-0.25, -0.2) is 0 Å². The van der Waals surface area contributed by atoms with Crippen molar-refractivity contribution in [1.82, 2.24) is 10.2 Å². The molecule has 92 valence electrons. The zero-order valence-corrected chi connectivity index (χ0v) is 9.90. The van der Waals surface area contributed by atoms with E-state index in [1.54, 1.807) is 18.9 Å². The molecule has 2 N–H and O–H groups in total. The van der Waals surface area contributed by atoms with Gasteiger partial charge in [-0.2, -0.15) is 0 Å². The number of carboxylic acid groups (broad SMARTS) is 1. The van der Waals surface area contributed by atoms with Gasteiger partial charge in [0.05, 0.1) is 6.54 Å². The van der Waals surface area contributed by atoms with Crippen molar-refractivity contribution in [3.63, 3.8) is 0 Å². The Balaban J connectivity index is 2.27. The highest BCUT2D eigenvalue weighted by atomic mass is 16.4. The topological polar surface area (TPSA) is 69.6 Å². The molecule has 1 saturated carbocycles. The van der Waals surface area contributed by atoms with Crippen LogP contribution in [0.1, 0.15) is 26.2 Å². The predicted molar refractivity (Wildman–Crippen MR) is 60.1 cm³/mol. The van der Waals surface area contributed by atoms with Crippen LogP contribution in [0, 0.1) is 5.92 Å². The van der Waals surface area contributed by atoms with Crippen molar-refractivity contribution in [2.45, 2.75) is 32.2 Å². The minimum Gasteiger partial charge on any atom is -0.480 e. The van der Waals surface area contributed by atoms with Crippen LogP contribution in [0.15, 0.2) is 0 Å². The van der Waals surface area contributed by atoms with E-state index in [-0.39, 0.29) is 12.5 Å². The van der Waals surface area contributed by atoms with Crippen LogP contribution in [0.5, 0.6) is 0 Å². The molecule has 0 aromatic rings. The van der Waals surface area contributed by atoms with Crippen LogP contribution in [0.4, 0.5) is 0 Å².